The second-order valence-electron chi connectivity index (χ2n) is 8.37. The maximum Gasteiger partial charge on any atom is 0.261 e. The molecule has 164 valence electrons. The Morgan fingerprint density at radius 3 is 2.77 bits per heavy atom. The number of nitrogens with one attached hydrogen (secondary N) is 1. The van der Waals surface area contributed by atoms with Gasteiger partial charge in [0.15, 0.2) is 0 Å². The largest absolute Gasteiger partial charge is 0.353 e. The summed E-state index contributed by atoms with van der Waals surface area (Å²) in [6.07, 6.45) is 8.75. The molecule has 3 rings (SSSR count). The monoisotopic (exact) mass is 429 g/mol. The summed E-state index contributed by atoms with van der Waals surface area (Å²) in [7, 11) is 2.08. The van der Waals surface area contributed by atoms with Gasteiger partial charge in [0.2, 0.25) is 5.91 Å². The van der Waals surface area contributed by atoms with E-state index < -0.39 is 0 Å². The van der Waals surface area contributed by atoms with Crippen LogP contribution >= 0.6 is 11.8 Å². The fourth-order valence-electron chi connectivity index (χ4n) is 4.20. The first-order valence-electron chi connectivity index (χ1n) is 11.3. The van der Waals surface area contributed by atoms with Crippen molar-refractivity contribution in [2.45, 2.75) is 56.7 Å². The Balaban J connectivity index is 1.62. The van der Waals surface area contributed by atoms with Crippen molar-refractivity contribution in [1.82, 2.24) is 15.1 Å². The number of thioether (sulfide) groups is 1. The minimum absolute atomic E-state index is 0.00205. The lowest BCUT2D eigenvalue weighted by Gasteiger charge is -2.43. The van der Waals surface area contributed by atoms with Crippen LogP contribution in [0.5, 0.6) is 0 Å². The van der Waals surface area contributed by atoms with Gasteiger partial charge in [-0.2, -0.15) is 0 Å². The summed E-state index contributed by atoms with van der Waals surface area (Å²) in [5.41, 5.74) is 1.03. The van der Waals surface area contributed by atoms with Crippen LogP contribution in [-0.2, 0) is 9.59 Å². The molecule has 0 bridgehead atoms. The molecule has 5 nitrogen and oxygen atoms in total. The Morgan fingerprint density at radius 2 is 2.00 bits per heavy atom. The van der Waals surface area contributed by atoms with Gasteiger partial charge in [-0.1, -0.05) is 56.5 Å². The normalized spacial score (nSPS) is 23.0. The zero-order chi connectivity index (χ0) is 21.3. The molecule has 30 heavy (non-hydrogen) atoms. The van der Waals surface area contributed by atoms with Crippen molar-refractivity contribution >= 4 is 29.7 Å². The van der Waals surface area contributed by atoms with E-state index >= 15 is 0 Å². The van der Waals surface area contributed by atoms with Crippen LogP contribution in [0.4, 0.5) is 0 Å². The zero-order valence-corrected chi connectivity index (χ0v) is 19.1. The molecule has 2 amide bonds. The summed E-state index contributed by atoms with van der Waals surface area (Å²) in [5, 5.41) is 3.41. The average molecular weight is 430 g/mol. The van der Waals surface area contributed by atoms with E-state index in [1.54, 1.807) is 11.8 Å². The number of hydrogen-bond donors (Lipinski definition) is 1. The van der Waals surface area contributed by atoms with Gasteiger partial charge in [0.1, 0.15) is 6.54 Å². The number of benzene rings is 1. The molecular weight excluding hydrogens is 394 g/mol. The lowest BCUT2D eigenvalue weighted by atomic mass is 9.93. The highest BCUT2D eigenvalue weighted by molar-refractivity contribution is 8.04. The molecule has 6 heteroatoms. The van der Waals surface area contributed by atoms with Crippen molar-refractivity contribution in [3.63, 3.8) is 0 Å². The van der Waals surface area contributed by atoms with E-state index in [9.17, 15) is 9.59 Å². The van der Waals surface area contributed by atoms with Gasteiger partial charge in [-0.05, 0) is 44.5 Å². The van der Waals surface area contributed by atoms with Crippen molar-refractivity contribution in [2.75, 3.05) is 33.2 Å². The standard InChI is InChI=1S/C24H35N3O2S/c1-3-4-15-26(2)16-14-25-23(28)18-27-20-12-8-9-13-21(20)30-22(24(27)29)17-19-10-6-5-7-11-19/h5-7,10-11,17,20-21H,3-4,8-9,12-16,18H2,1-2H3,(H,25,28)/b22-17-. The number of hydrogen-bond acceptors (Lipinski definition) is 4. The Morgan fingerprint density at radius 1 is 1.23 bits per heavy atom. The lowest BCUT2D eigenvalue weighted by molar-refractivity contribution is -0.135. The third-order valence-corrected chi connectivity index (χ3v) is 7.34. The third kappa shape index (κ3) is 6.35. The Hall–Kier alpha value is -1.79. The van der Waals surface area contributed by atoms with Gasteiger partial charge < -0.3 is 15.1 Å². The number of carbonyl (C=O) groups is 2. The van der Waals surface area contributed by atoms with Crippen LogP contribution in [0.1, 0.15) is 51.0 Å². The van der Waals surface area contributed by atoms with E-state index in [1.165, 1.54) is 19.3 Å². The highest BCUT2D eigenvalue weighted by atomic mass is 32.2. The fourth-order valence-corrected chi connectivity index (χ4v) is 5.67. The predicted molar refractivity (Wildman–Crippen MR) is 125 cm³/mol. The van der Waals surface area contributed by atoms with Crippen molar-refractivity contribution < 1.29 is 9.59 Å². The summed E-state index contributed by atoms with van der Waals surface area (Å²) in [5.74, 6) is -0.0512. The average Bonchev–Trinajstić information content (AvgIpc) is 2.76. The lowest BCUT2D eigenvalue weighted by Crippen LogP contribution is -2.54. The molecule has 2 atom stereocenters. The van der Waals surface area contributed by atoms with Gasteiger partial charge >= 0.3 is 0 Å². The summed E-state index contributed by atoms with van der Waals surface area (Å²) in [6.45, 7) is 4.84. The first-order chi connectivity index (χ1) is 14.6. The van der Waals surface area contributed by atoms with Crippen molar-refractivity contribution in [3.05, 3.63) is 40.8 Å². The van der Waals surface area contributed by atoms with E-state index in [2.05, 4.69) is 24.2 Å². The molecule has 1 aliphatic carbocycles. The van der Waals surface area contributed by atoms with E-state index in [0.717, 1.165) is 42.8 Å². The van der Waals surface area contributed by atoms with Crippen LogP contribution in [0.25, 0.3) is 6.08 Å². The molecule has 0 radical (unpaired) electrons. The number of fused-ring (bicyclic) bond motifs is 1. The predicted octanol–water partition coefficient (Wildman–Crippen LogP) is 3.76. The molecular formula is C24H35N3O2S. The molecule has 0 aromatic heterocycles. The first-order valence-corrected chi connectivity index (χ1v) is 12.2. The molecule has 1 heterocycles. The van der Waals surface area contributed by atoms with Gasteiger partial charge in [0.05, 0.1) is 4.91 Å². The molecule has 1 aliphatic heterocycles. The van der Waals surface area contributed by atoms with Gasteiger partial charge in [0, 0.05) is 24.4 Å². The minimum atomic E-state index is -0.0532. The molecule has 2 unspecified atom stereocenters. The van der Waals surface area contributed by atoms with E-state index in [-0.39, 0.29) is 24.4 Å². The molecule has 1 saturated heterocycles. The summed E-state index contributed by atoms with van der Waals surface area (Å²) < 4.78 is 0. The summed E-state index contributed by atoms with van der Waals surface area (Å²) in [6, 6.07) is 10.1. The Kier molecular flexibility index (Phi) is 8.82. The van der Waals surface area contributed by atoms with Crippen LogP contribution in [0, 0.1) is 0 Å². The van der Waals surface area contributed by atoms with Crippen LogP contribution in [0.15, 0.2) is 35.2 Å². The first kappa shape index (κ1) is 22.9. The number of unbranched alkanes of at least 4 members (excludes halogenated alkanes) is 1. The molecule has 2 aliphatic rings. The second-order valence-corrected chi connectivity index (χ2v) is 9.65. The van der Waals surface area contributed by atoms with E-state index in [0.29, 0.717) is 11.8 Å². The highest BCUT2D eigenvalue weighted by Crippen LogP contribution is 2.42. The maximum absolute atomic E-state index is 13.3. The highest BCUT2D eigenvalue weighted by Gasteiger charge is 2.41. The topological polar surface area (TPSA) is 52.7 Å². The Bertz CT molecular complexity index is 737. The number of carbonyl (C=O) groups excluding carboxylic acids is 2. The molecule has 1 aromatic rings. The molecule has 1 saturated carbocycles. The number of rotatable bonds is 9. The smallest absolute Gasteiger partial charge is 0.261 e. The van der Waals surface area contributed by atoms with Crippen LogP contribution in [0.2, 0.25) is 0 Å². The van der Waals surface area contributed by atoms with Gasteiger partial charge in [-0.25, -0.2) is 0 Å². The van der Waals surface area contributed by atoms with E-state index in [1.807, 2.05) is 41.3 Å². The number of likely N-dealkylation sites (N-methyl/N-ethyl adjacent to an activating group) is 1. The van der Waals surface area contributed by atoms with Gasteiger partial charge in [-0.15, -0.1) is 11.8 Å². The maximum atomic E-state index is 13.3. The quantitative estimate of drug-likeness (QED) is 0.607. The minimum Gasteiger partial charge on any atom is -0.353 e. The van der Waals surface area contributed by atoms with Crippen molar-refractivity contribution in [2.24, 2.45) is 0 Å². The van der Waals surface area contributed by atoms with Gasteiger partial charge in [-0.3, -0.25) is 9.59 Å². The van der Waals surface area contributed by atoms with Crippen molar-refractivity contribution in [1.29, 1.82) is 0 Å². The molecule has 2 fully saturated rings. The second kappa shape index (κ2) is 11.6. The molecule has 1 aromatic carbocycles. The van der Waals surface area contributed by atoms with Crippen LogP contribution in [0.3, 0.4) is 0 Å². The summed E-state index contributed by atoms with van der Waals surface area (Å²) >= 11 is 1.71. The molecule has 0 spiro atoms. The van der Waals surface area contributed by atoms with Crippen LogP contribution < -0.4 is 5.32 Å². The number of nitrogens with zero attached hydrogens (tertiary/aromatic N) is 2. The summed E-state index contributed by atoms with van der Waals surface area (Å²) in [4.78, 5) is 30.8. The van der Waals surface area contributed by atoms with E-state index in [4.69, 9.17) is 0 Å². The zero-order valence-electron chi connectivity index (χ0n) is 18.3. The Labute approximate surface area is 185 Å². The number of amides is 2. The SMILES string of the molecule is CCCCN(C)CCNC(=O)CN1C(=O)/C(=C/c2ccccc2)SC2CCCCC21. The molecule has 1 N–H and O–H groups in total. The van der Waals surface area contributed by atoms with Crippen molar-refractivity contribution in [3.8, 4) is 0 Å². The van der Waals surface area contributed by atoms with Gasteiger partial charge in [0.25, 0.3) is 5.91 Å². The third-order valence-electron chi connectivity index (χ3n) is 5.94. The fraction of sp³-hybridized carbons (Fsp3) is 0.583. The van der Waals surface area contributed by atoms with Crippen LogP contribution in [-0.4, -0.2) is 66.1 Å².